The molecule has 1 heterocycles. The van der Waals surface area contributed by atoms with E-state index in [0.717, 1.165) is 5.56 Å². The van der Waals surface area contributed by atoms with E-state index in [2.05, 4.69) is 10.3 Å². The van der Waals surface area contributed by atoms with Gasteiger partial charge in [-0.3, -0.25) is 14.4 Å². The summed E-state index contributed by atoms with van der Waals surface area (Å²) < 4.78 is 0. The Morgan fingerprint density at radius 2 is 1.95 bits per heavy atom. The van der Waals surface area contributed by atoms with Crippen molar-refractivity contribution >= 4 is 17.6 Å². The number of amides is 2. The number of aromatic nitrogens is 1. The second kappa shape index (κ2) is 6.04. The molecule has 0 aliphatic rings. The van der Waals surface area contributed by atoms with Crippen LogP contribution in [0.1, 0.15) is 43.7 Å². The van der Waals surface area contributed by atoms with Crippen LogP contribution < -0.4 is 11.1 Å². The van der Waals surface area contributed by atoms with Crippen LogP contribution in [0.3, 0.4) is 0 Å². The summed E-state index contributed by atoms with van der Waals surface area (Å²) in [7, 11) is 0. The molecule has 6 nitrogen and oxygen atoms in total. The molecule has 0 unspecified atom stereocenters. The summed E-state index contributed by atoms with van der Waals surface area (Å²) in [4.78, 5) is 36.9. The largest absolute Gasteiger partial charge is 0.366 e. The zero-order chi connectivity index (χ0) is 15.4. The lowest BCUT2D eigenvalue weighted by Gasteiger charge is -2.05. The van der Waals surface area contributed by atoms with E-state index in [-0.39, 0.29) is 18.2 Å². The summed E-state index contributed by atoms with van der Waals surface area (Å²) in [5.74, 6) is -0.954. The van der Waals surface area contributed by atoms with Crippen molar-refractivity contribution < 1.29 is 14.4 Å². The van der Waals surface area contributed by atoms with Crippen molar-refractivity contribution in [1.29, 1.82) is 0 Å². The van der Waals surface area contributed by atoms with Gasteiger partial charge in [-0.2, -0.15) is 0 Å². The van der Waals surface area contributed by atoms with Gasteiger partial charge in [-0.1, -0.05) is 12.1 Å². The van der Waals surface area contributed by atoms with Crippen LogP contribution in [0, 0.1) is 0 Å². The fraction of sp³-hybridized carbons (Fsp3) is 0.133. The number of primary amides is 1. The van der Waals surface area contributed by atoms with Crippen molar-refractivity contribution in [3.8, 4) is 0 Å². The minimum atomic E-state index is -0.515. The van der Waals surface area contributed by atoms with Crippen molar-refractivity contribution in [1.82, 2.24) is 10.3 Å². The molecule has 2 rings (SSSR count). The van der Waals surface area contributed by atoms with E-state index < -0.39 is 5.91 Å². The third kappa shape index (κ3) is 3.56. The summed E-state index contributed by atoms with van der Waals surface area (Å²) in [6.07, 6.45) is 1.49. The van der Waals surface area contributed by atoms with Crippen molar-refractivity contribution in [3.63, 3.8) is 0 Å². The first-order valence-corrected chi connectivity index (χ1v) is 6.33. The van der Waals surface area contributed by atoms with Crippen molar-refractivity contribution in [2.45, 2.75) is 13.5 Å². The topological polar surface area (TPSA) is 105 Å². The number of ketones is 1. The van der Waals surface area contributed by atoms with Crippen molar-refractivity contribution in [2.24, 2.45) is 5.73 Å². The Balaban J connectivity index is 2.02. The number of H-pyrrole nitrogens is 1. The number of hydrogen-bond acceptors (Lipinski definition) is 3. The van der Waals surface area contributed by atoms with E-state index in [1.54, 1.807) is 24.3 Å². The molecule has 0 fully saturated rings. The lowest BCUT2D eigenvalue weighted by Crippen LogP contribution is -2.23. The first kappa shape index (κ1) is 14.5. The smallest absolute Gasteiger partial charge is 0.267 e. The maximum absolute atomic E-state index is 11.9. The van der Waals surface area contributed by atoms with Gasteiger partial charge in [0.25, 0.3) is 5.91 Å². The summed E-state index contributed by atoms with van der Waals surface area (Å²) in [5, 5.41) is 2.70. The molecule has 21 heavy (non-hydrogen) atoms. The van der Waals surface area contributed by atoms with Gasteiger partial charge in [0.15, 0.2) is 5.78 Å². The van der Waals surface area contributed by atoms with Crippen LogP contribution in [0.4, 0.5) is 0 Å². The Labute approximate surface area is 121 Å². The third-order valence-corrected chi connectivity index (χ3v) is 3.00. The summed E-state index contributed by atoms with van der Waals surface area (Å²) >= 11 is 0. The highest BCUT2D eigenvalue weighted by Gasteiger charge is 2.10. The van der Waals surface area contributed by atoms with E-state index in [1.165, 1.54) is 19.2 Å². The van der Waals surface area contributed by atoms with Crippen LogP contribution in [0.25, 0.3) is 0 Å². The zero-order valence-corrected chi connectivity index (χ0v) is 11.5. The van der Waals surface area contributed by atoms with Crippen LogP contribution in [0.5, 0.6) is 0 Å². The monoisotopic (exact) mass is 285 g/mol. The zero-order valence-electron chi connectivity index (χ0n) is 11.5. The molecule has 0 saturated carbocycles. The summed E-state index contributed by atoms with van der Waals surface area (Å²) in [6.45, 7) is 1.69. The number of nitrogens with one attached hydrogen (secondary N) is 2. The van der Waals surface area contributed by atoms with Crippen LogP contribution in [0.2, 0.25) is 0 Å². The van der Waals surface area contributed by atoms with Gasteiger partial charge >= 0.3 is 0 Å². The number of hydrogen-bond donors (Lipinski definition) is 3. The molecule has 1 aromatic carbocycles. The molecule has 0 spiro atoms. The molecule has 0 saturated heterocycles. The molecule has 0 aliphatic heterocycles. The lowest BCUT2D eigenvalue weighted by molar-refractivity contribution is 0.0945. The Hall–Kier alpha value is -2.89. The quantitative estimate of drug-likeness (QED) is 0.720. The van der Waals surface area contributed by atoms with Gasteiger partial charge in [0.2, 0.25) is 5.91 Å². The van der Waals surface area contributed by atoms with Crippen LogP contribution in [0.15, 0.2) is 36.5 Å². The van der Waals surface area contributed by atoms with E-state index in [4.69, 9.17) is 5.73 Å². The average molecular weight is 285 g/mol. The van der Waals surface area contributed by atoms with E-state index in [0.29, 0.717) is 16.8 Å². The Morgan fingerprint density at radius 3 is 2.57 bits per heavy atom. The standard InChI is InChI=1S/C15H15N3O3/c1-9(19)12-6-13(17-8-12)15(21)18-7-10-3-2-4-11(5-10)14(16)20/h2-6,8,17H,7H2,1H3,(H2,16,20)(H,18,21). The highest BCUT2D eigenvalue weighted by Crippen LogP contribution is 2.07. The summed E-state index contributed by atoms with van der Waals surface area (Å²) in [6, 6.07) is 8.21. The fourth-order valence-electron chi connectivity index (χ4n) is 1.84. The van der Waals surface area contributed by atoms with Gasteiger partial charge in [0, 0.05) is 23.9 Å². The number of rotatable bonds is 5. The number of aromatic amines is 1. The maximum atomic E-state index is 11.9. The predicted molar refractivity (Wildman–Crippen MR) is 76.9 cm³/mol. The lowest BCUT2D eigenvalue weighted by atomic mass is 10.1. The molecule has 0 bridgehead atoms. The minimum Gasteiger partial charge on any atom is -0.366 e. The molecule has 0 aliphatic carbocycles. The van der Waals surface area contributed by atoms with Crippen LogP contribution in [-0.2, 0) is 6.54 Å². The molecule has 2 aromatic rings. The van der Waals surface area contributed by atoms with Crippen LogP contribution in [-0.4, -0.2) is 22.6 Å². The molecular weight excluding hydrogens is 270 g/mol. The van der Waals surface area contributed by atoms with Gasteiger partial charge in [-0.15, -0.1) is 0 Å². The molecule has 6 heteroatoms. The van der Waals surface area contributed by atoms with Gasteiger partial charge in [0.05, 0.1) is 0 Å². The number of nitrogens with two attached hydrogens (primary N) is 1. The molecule has 0 radical (unpaired) electrons. The molecule has 0 atom stereocenters. The van der Waals surface area contributed by atoms with Gasteiger partial charge in [0.1, 0.15) is 5.69 Å². The molecular formula is C15H15N3O3. The highest BCUT2D eigenvalue weighted by molar-refractivity contribution is 5.99. The van der Waals surface area contributed by atoms with Crippen LogP contribution >= 0.6 is 0 Å². The van der Waals surface area contributed by atoms with Gasteiger partial charge in [-0.25, -0.2) is 0 Å². The second-order valence-electron chi connectivity index (χ2n) is 4.61. The molecule has 108 valence electrons. The minimum absolute atomic E-state index is 0.112. The van der Waals surface area contributed by atoms with Crippen molar-refractivity contribution in [3.05, 3.63) is 58.9 Å². The molecule has 2 amide bonds. The first-order chi connectivity index (χ1) is 9.97. The maximum Gasteiger partial charge on any atom is 0.267 e. The third-order valence-electron chi connectivity index (χ3n) is 3.00. The predicted octanol–water partition coefficient (Wildman–Crippen LogP) is 1.25. The average Bonchev–Trinajstić information content (AvgIpc) is 2.95. The summed E-state index contributed by atoms with van der Waals surface area (Å²) in [5.41, 5.74) is 7.11. The normalized spacial score (nSPS) is 10.1. The number of carbonyl (C=O) groups is 3. The Kier molecular flexibility index (Phi) is 4.18. The molecule has 4 N–H and O–H groups in total. The Bertz CT molecular complexity index is 704. The van der Waals surface area contributed by atoms with Gasteiger partial charge < -0.3 is 16.0 Å². The van der Waals surface area contributed by atoms with Crippen molar-refractivity contribution in [2.75, 3.05) is 0 Å². The van der Waals surface area contributed by atoms with E-state index >= 15 is 0 Å². The SMILES string of the molecule is CC(=O)c1c[nH]c(C(=O)NCc2cccc(C(N)=O)c2)c1. The van der Waals surface area contributed by atoms with E-state index in [9.17, 15) is 14.4 Å². The second-order valence-corrected chi connectivity index (χ2v) is 4.61. The number of carbonyl (C=O) groups excluding carboxylic acids is 3. The highest BCUT2D eigenvalue weighted by atomic mass is 16.2. The van der Waals surface area contributed by atoms with Gasteiger partial charge in [-0.05, 0) is 30.7 Å². The number of benzene rings is 1. The first-order valence-electron chi connectivity index (χ1n) is 6.33. The fourth-order valence-corrected chi connectivity index (χ4v) is 1.84. The number of Topliss-reactive ketones (excluding diaryl/α,β-unsaturated/α-hetero) is 1. The molecule has 1 aromatic heterocycles. The Morgan fingerprint density at radius 1 is 1.19 bits per heavy atom. The van der Waals surface area contributed by atoms with E-state index in [1.807, 2.05) is 0 Å².